The van der Waals surface area contributed by atoms with Crippen LogP contribution in [0.2, 0.25) is 0 Å². The van der Waals surface area contributed by atoms with Crippen molar-refractivity contribution >= 4 is 27.5 Å². The van der Waals surface area contributed by atoms with Crippen LogP contribution >= 0.6 is 11.3 Å². The van der Waals surface area contributed by atoms with Gasteiger partial charge in [-0.15, -0.1) is 11.3 Å². The van der Waals surface area contributed by atoms with Crippen molar-refractivity contribution in [2.24, 2.45) is 0 Å². The van der Waals surface area contributed by atoms with Crippen LogP contribution in [0.15, 0.2) is 65.0 Å². The number of aromatic nitrogens is 2. The van der Waals surface area contributed by atoms with E-state index >= 15 is 0 Å². The van der Waals surface area contributed by atoms with Crippen LogP contribution in [-0.2, 0) is 17.9 Å². The van der Waals surface area contributed by atoms with Crippen LogP contribution in [0.25, 0.3) is 21.3 Å². The van der Waals surface area contributed by atoms with Gasteiger partial charge >= 0.3 is 0 Å². The number of hydrogen-bond donors (Lipinski definition) is 1. The number of benzene rings is 2. The minimum atomic E-state index is -0.121. The standard InChI is InChI=1S/C24H23N3O3S/c1-16-3-7-18(8-4-16)20-14-31-23-22(20)24(29)27(15-26-23)12-11-21(28)25-13-17-5-9-19(30-2)10-6-17/h3-10,14-15H,11-13H2,1-2H3,(H,25,28). The molecule has 6 nitrogen and oxygen atoms in total. The fraction of sp³-hybridized carbons (Fsp3) is 0.208. The topological polar surface area (TPSA) is 73.2 Å². The third-order valence-corrected chi connectivity index (χ3v) is 6.04. The van der Waals surface area contributed by atoms with E-state index in [4.69, 9.17) is 4.74 Å². The van der Waals surface area contributed by atoms with E-state index in [1.54, 1.807) is 7.11 Å². The summed E-state index contributed by atoms with van der Waals surface area (Å²) in [6.07, 6.45) is 1.73. The average Bonchev–Trinajstić information content (AvgIpc) is 3.23. The number of amides is 1. The highest BCUT2D eigenvalue weighted by Crippen LogP contribution is 2.30. The quantitative estimate of drug-likeness (QED) is 0.475. The molecule has 0 radical (unpaired) electrons. The number of carbonyl (C=O) groups excluding carboxylic acids is 1. The average molecular weight is 434 g/mol. The maximum absolute atomic E-state index is 13.1. The number of nitrogens with zero attached hydrogens (tertiary/aromatic N) is 2. The Kier molecular flexibility index (Phi) is 6.13. The lowest BCUT2D eigenvalue weighted by Gasteiger charge is -2.08. The van der Waals surface area contributed by atoms with Crippen molar-refractivity contribution < 1.29 is 9.53 Å². The van der Waals surface area contributed by atoms with E-state index in [9.17, 15) is 9.59 Å². The molecule has 0 aliphatic carbocycles. The Morgan fingerprint density at radius 2 is 1.87 bits per heavy atom. The molecule has 2 heterocycles. The van der Waals surface area contributed by atoms with Crippen molar-refractivity contribution in [3.63, 3.8) is 0 Å². The van der Waals surface area contributed by atoms with Gasteiger partial charge in [-0.05, 0) is 30.2 Å². The van der Waals surface area contributed by atoms with E-state index < -0.39 is 0 Å². The van der Waals surface area contributed by atoms with Gasteiger partial charge in [0.05, 0.1) is 18.8 Å². The lowest BCUT2D eigenvalue weighted by molar-refractivity contribution is -0.121. The highest BCUT2D eigenvalue weighted by Gasteiger charge is 2.14. The number of hydrogen-bond acceptors (Lipinski definition) is 5. The Morgan fingerprint density at radius 3 is 2.58 bits per heavy atom. The number of ether oxygens (including phenoxy) is 1. The third kappa shape index (κ3) is 4.67. The molecule has 1 amide bonds. The van der Waals surface area contributed by atoms with Crippen molar-refractivity contribution in [2.75, 3.05) is 7.11 Å². The molecule has 0 bridgehead atoms. The summed E-state index contributed by atoms with van der Waals surface area (Å²) in [6, 6.07) is 15.6. The maximum Gasteiger partial charge on any atom is 0.262 e. The number of fused-ring (bicyclic) bond motifs is 1. The minimum Gasteiger partial charge on any atom is -0.497 e. The number of carbonyl (C=O) groups is 1. The van der Waals surface area contributed by atoms with Gasteiger partial charge in [-0.2, -0.15) is 0 Å². The van der Waals surface area contributed by atoms with Gasteiger partial charge < -0.3 is 10.1 Å². The predicted octanol–water partition coefficient (Wildman–Crippen LogP) is 4.15. The van der Waals surface area contributed by atoms with Gasteiger partial charge in [-0.3, -0.25) is 14.2 Å². The summed E-state index contributed by atoms with van der Waals surface area (Å²) in [6.45, 7) is 2.74. The number of thiophene rings is 1. The molecule has 0 spiro atoms. The van der Waals surface area contributed by atoms with Crippen LogP contribution in [0.3, 0.4) is 0 Å². The van der Waals surface area contributed by atoms with Crippen LogP contribution in [0.4, 0.5) is 0 Å². The highest BCUT2D eigenvalue weighted by molar-refractivity contribution is 7.17. The van der Waals surface area contributed by atoms with Crippen LogP contribution in [0.5, 0.6) is 5.75 Å². The molecule has 1 N–H and O–H groups in total. The lowest BCUT2D eigenvalue weighted by atomic mass is 10.1. The molecule has 0 unspecified atom stereocenters. The molecule has 0 aliphatic heterocycles. The zero-order valence-corrected chi connectivity index (χ0v) is 18.2. The first-order valence-electron chi connectivity index (χ1n) is 9.98. The largest absolute Gasteiger partial charge is 0.497 e. The summed E-state index contributed by atoms with van der Waals surface area (Å²) >= 11 is 1.46. The van der Waals surface area contributed by atoms with Gasteiger partial charge in [0.15, 0.2) is 0 Å². The monoisotopic (exact) mass is 433 g/mol. The lowest BCUT2D eigenvalue weighted by Crippen LogP contribution is -2.27. The smallest absolute Gasteiger partial charge is 0.262 e. The number of methoxy groups -OCH3 is 1. The number of aryl methyl sites for hydroxylation is 2. The molecular weight excluding hydrogens is 410 g/mol. The molecule has 4 rings (SSSR count). The van der Waals surface area contributed by atoms with Crippen LogP contribution in [-0.4, -0.2) is 22.6 Å². The van der Waals surface area contributed by atoms with Gasteiger partial charge in [0.2, 0.25) is 5.91 Å². The molecule has 0 saturated carbocycles. The van der Waals surface area contributed by atoms with Crippen LogP contribution in [0, 0.1) is 6.92 Å². The Morgan fingerprint density at radius 1 is 1.13 bits per heavy atom. The molecule has 4 aromatic rings. The molecule has 2 aromatic carbocycles. The van der Waals surface area contributed by atoms with Gasteiger partial charge in [0.1, 0.15) is 10.6 Å². The molecule has 0 atom stereocenters. The number of rotatable bonds is 7. The molecule has 31 heavy (non-hydrogen) atoms. The molecular formula is C24H23N3O3S. The molecule has 0 saturated heterocycles. The van der Waals surface area contributed by atoms with Crippen LogP contribution < -0.4 is 15.6 Å². The summed E-state index contributed by atoms with van der Waals surface area (Å²) in [7, 11) is 1.62. The summed E-state index contributed by atoms with van der Waals surface area (Å²) in [5, 5.41) is 5.46. The number of nitrogens with one attached hydrogen (secondary N) is 1. The Hall–Kier alpha value is -3.45. The van der Waals surface area contributed by atoms with Crippen molar-refractivity contribution in [1.82, 2.24) is 14.9 Å². The Labute approximate surface area is 184 Å². The van der Waals surface area contributed by atoms with E-state index in [1.165, 1.54) is 27.8 Å². The van der Waals surface area contributed by atoms with E-state index in [1.807, 2.05) is 60.8 Å². The predicted molar refractivity (Wildman–Crippen MR) is 124 cm³/mol. The fourth-order valence-corrected chi connectivity index (χ4v) is 4.23. The third-order valence-electron chi connectivity index (χ3n) is 5.15. The summed E-state index contributed by atoms with van der Waals surface area (Å²) in [5.41, 5.74) is 3.90. The Balaban J connectivity index is 1.45. The van der Waals surface area contributed by atoms with Crippen molar-refractivity contribution in [3.8, 4) is 16.9 Å². The SMILES string of the molecule is COc1ccc(CNC(=O)CCn2cnc3scc(-c4ccc(C)cc4)c3c2=O)cc1. The minimum absolute atomic E-state index is 0.119. The van der Waals surface area contributed by atoms with Gasteiger partial charge in [0, 0.05) is 30.5 Å². The summed E-state index contributed by atoms with van der Waals surface area (Å²) < 4.78 is 6.65. The van der Waals surface area contributed by atoms with Crippen molar-refractivity contribution in [1.29, 1.82) is 0 Å². The normalized spacial score (nSPS) is 10.9. The second-order valence-corrected chi connectivity index (χ2v) is 8.17. The molecule has 0 aliphatic rings. The first-order chi connectivity index (χ1) is 15.0. The molecule has 7 heteroatoms. The van der Waals surface area contributed by atoms with E-state index in [0.29, 0.717) is 16.8 Å². The Bertz CT molecular complexity index is 1260. The van der Waals surface area contributed by atoms with E-state index in [-0.39, 0.29) is 24.4 Å². The van der Waals surface area contributed by atoms with Gasteiger partial charge in [-0.25, -0.2) is 4.98 Å². The van der Waals surface area contributed by atoms with Crippen molar-refractivity contribution in [2.45, 2.75) is 26.4 Å². The summed E-state index contributed by atoms with van der Waals surface area (Å²) in [4.78, 5) is 30.5. The highest BCUT2D eigenvalue weighted by atomic mass is 32.1. The molecule has 0 fully saturated rings. The zero-order valence-electron chi connectivity index (χ0n) is 17.4. The van der Waals surface area contributed by atoms with E-state index in [0.717, 1.165) is 22.4 Å². The molecule has 158 valence electrons. The summed E-state index contributed by atoms with van der Waals surface area (Å²) in [5.74, 6) is 0.655. The maximum atomic E-state index is 13.1. The zero-order chi connectivity index (χ0) is 21.8. The first-order valence-corrected chi connectivity index (χ1v) is 10.9. The molecule has 2 aromatic heterocycles. The first kappa shape index (κ1) is 20.8. The fourth-order valence-electron chi connectivity index (χ4n) is 3.33. The van der Waals surface area contributed by atoms with Gasteiger partial charge in [0.25, 0.3) is 5.56 Å². The van der Waals surface area contributed by atoms with E-state index in [2.05, 4.69) is 10.3 Å². The second kappa shape index (κ2) is 9.14. The second-order valence-electron chi connectivity index (χ2n) is 7.31. The van der Waals surface area contributed by atoms with Crippen LogP contribution in [0.1, 0.15) is 17.5 Å². The van der Waals surface area contributed by atoms with Gasteiger partial charge in [-0.1, -0.05) is 42.0 Å². The van der Waals surface area contributed by atoms with Crippen molar-refractivity contribution in [3.05, 3.63) is 81.7 Å².